The van der Waals surface area contributed by atoms with Crippen molar-refractivity contribution in [2.24, 2.45) is 0 Å². The van der Waals surface area contributed by atoms with Gasteiger partial charge in [-0.3, -0.25) is 0 Å². The molecule has 2 rings (SSSR count). The smallest absolute Gasteiger partial charge is 0.475 e. The third kappa shape index (κ3) is 7.04. The highest BCUT2D eigenvalue weighted by molar-refractivity contribution is 8.00. The van der Waals surface area contributed by atoms with Crippen LogP contribution in [0.1, 0.15) is 26.5 Å². The summed E-state index contributed by atoms with van der Waals surface area (Å²) in [5, 5.41) is 11.0. The van der Waals surface area contributed by atoms with Crippen molar-refractivity contribution in [3.05, 3.63) is 24.0 Å². The number of halogens is 3. The van der Waals surface area contributed by atoms with Crippen molar-refractivity contribution in [3.8, 4) is 5.75 Å². The lowest BCUT2D eigenvalue weighted by Crippen LogP contribution is -2.66. The Morgan fingerprint density at radius 2 is 1.71 bits per heavy atom. The number of hydrogen-bond donors (Lipinski definition) is 1. The molecule has 0 spiro atoms. The molecule has 35 heavy (non-hydrogen) atoms. The molecule has 0 saturated carbocycles. The van der Waals surface area contributed by atoms with Gasteiger partial charge in [0, 0.05) is 0 Å². The molecule has 196 valence electrons. The van der Waals surface area contributed by atoms with Crippen LogP contribution in [0.5, 0.6) is 5.75 Å². The van der Waals surface area contributed by atoms with Gasteiger partial charge in [-0.15, -0.1) is 11.8 Å². The lowest BCUT2D eigenvalue weighted by Gasteiger charge is -2.44. The molecule has 1 aliphatic rings. The van der Waals surface area contributed by atoms with Gasteiger partial charge in [-0.1, -0.05) is 0 Å². The molecular formula is C20H24F3NO10S. The Balaban J connectivity index is 2.38. The third-order valence-corrected chi connectivity index (χ3v) is 5.72. The van der Waals surface area contributed by atoms with E-state index >= 15 is 0 Å². The first-order chi connectivity index (χ1) is 16.5. The Morgan fingerprint density at radius 1 is 1.09 bits per heavy atom. The monoisotopic (exact) mass is 527 g/mol. The number of carbonyl (C=O) groups is 3. The van der Waals surface area contributed by atoms with Crippen molar-refractivity contribution in [1.29, 1.82) is 0 Å². The zero-order valence-corrected chi connectivity index (χ0v) is 19.7. The first-order valence-corrected chi connectivity index (χ1v) is 11.4. The number of hydrogen-bond acceptors (Lipinski definition) is 12. The van der Waals surface area contributed by atoms with E-state index in [-0.39, 0.29) is 25.6 Å². The average molecular weight is 527 g/mol. The quantitative estimate of drug-likeness (QED) is 0.393. The molecular weight excluding hydrogens is 503 g/mol. The third-order valence-electron chi connectivity index (χ3n) is 4.42. The zero-order chi connectivity index (χ0) is 26.2. The second-order valence-electron chi connectivity index (χ2n) is 6.78. The highest BCUT2D eigenvalue weighted by atomic mass is 32.2. The van der Waals surface area contributed by atoms with Crippen LogP contribution >= 0.6 is 11.8 Å². The Kier molecular flexibility index (Phi) is 9.82. The average Bonchev–Trinajstić information content (AvgIpc) is 2.78. The van der Waals surface area contributed by atoms with E-state index in [1.807, 2.05) is 0 Å². The number of carbonyl (C=O) groups excluding carboxylic acids is 3. The summed E-state index contributed by atoms with van der Waals surface area (Å²) in [6.07, 6.45) is -10.2. The SMILES string of the molecule is CCOC(=O)O[C@@H]1[C@@H](O)[C@@H](Oc2ccc(C(F)(F)F)nc2)SC[C@]1(OC(=O)OCC)C(=O)OCC. The maximum absolute atomic E-state index is 12.9. The van der Waals surface area contributed by atoms with Gasteiger partial charge in [0.25, 0.3) is 5.60 Å². The van der Waals surface area contributed by atoms with Crippen molar-refractivity contribution in [1.82, 2.24) is 4.98 Å². The van der Waals surface area contributed by atoms with Gasteiger partial charge in [0.15, 0.2) is 11.5 Å². The van der Waals surface area contributed by atoms with Crippen molar-refractivity contribution in [2.45, 2.75) is 50.2 Å². The minimum Gasteiger partial charge on any atom is -0.475 e. The predicted octanol–water partition coefficient (Wildman–Crippen LogP) is 2.93. The van der Waals surface area contributed by atoms with Crippen LogP contribution in [0.3, 0.4) is 0 Å². The van der Waals surface area contributed by atoms with E-state index in [1.54, 1.807) is 0 Å². The molecule has 1 aromatic heterocycles. The number of aliphatic hydroxyl groups excluding tert-OH is 1. The number of nitrogens with zero attached hydrogens (tertiary/aromatic N) is 1. The second-order valence-corrected chi connectivity index (χ2v) is 7.87. The standard InChI is InChI=1S/C20H24F3NO10S/c1-4-29-16(26)19(34-18(28)31-6-3)10-35-15(13(25)14(19)33-17(27)30-5-2)32-11-7-8-12(24-9-11)20(21,22)23/h7-9,13-15,25H,4-6,10H2,1-3H3/t13-,14-,15+,19-/m1/s1. The number of aromatic nitrogens is 1. The minimum absolute atomic E-state index is 0.108. The molecule has 1 aliphatic heterocycles. The molecule has 0 amide bonds. The van der Waals surface area contributed by atoms with E-state index in [2.05, 4.69) is 4.98 Å². The van der Waals surface area contributed by atoms with Crippen LogP contribution in [0.25, 0.3) is 0 Å². The molecule has 11 nitrogen and oxygen atoms in total. The first kappa shape index (κ1) is 28.3. The largest absolute Gasteiger partial charge is 0.509 e. The van der Waals surface area contributed by atoms with E-state index < -0.39 is 59.1 Å². The number of alkyl halides is 3. The van der Waals surface area contributed by atoms with Gasteiger partial charge < -0.3 is 33.5 Å². The number of pyridine rings is 1. The van der Waals surface area contributed by atoms with Gasteiger partial charge in [-0.05, 0) is 32.9 Å². The van der Waals surface area contributed by atoms with Gasteiger partial charge >= 0.3 is 24.5 Å². The van der Waals surface area contributed by atoms with Gasteiger partial charge in [0.05, 0.1) is 31.8 Å². The fraction of sp³-hybridized carbons (Fsp3) is 0.600. The van der Waals surface area contributed by atoms with Crippen molar-refractivity contribution in [3.63, 3.8) is 0 Å². The molecule has 0 radical (unpaired) electrons. The highest BCUT2D eigenvalue weighted by Gasteiger charge is 2.62. The number of esters is 1. The Bertz CT molecular complexity index is 885. The molecule has 1 saturated heterocycles. The minimum atomic E-state index is -4.67. The molecule has 0 aliphatic carbocycles. The number of rotatable bonds is 8. The molecule has 0 aromatic carbocycles. The van der Waals surface area contributed by atoms with Crippen LogP contribution in [-0.2, 0) is 34.7 Å². The van der Waals surface area contributed by atoms with Gasteiger partial charge in [0.2, 0.25) is 0 Å². The molecule has 1 fully saturated rings. The summed E-state index contributed by atoms with van der Waals surface area (Å²) in [5.74, 6) is -1.73. The lowest BCUT2D eigenvalue weighted by atomic mass is 9.93. The summed E-state index contributed by atoms with van der Waals surface area (Å²) in [6, 6.07) is 1.65. The molecule has 4 atom stereocenters. The summed E-state index contributed by atoms with van der Waals surface area (Å²) in [6.45, 7) is 4.08. The van der Waals surface area contributed by atoms with Crippen LogP contribution < -0.4 is 4.74 Å². The summed E-state index contributed by atoms with van der Waals surface area (Å²) in [5.41, 5.74) is -4.80. The van der Waals surface area contributed by atoms with Gasteiger partial charge in [0.1, 0.15) is 17.5 Å². The van der Waals surface area contributed by atoms with Crippen LogP contribution in [0.2, 0.25) is 0 Å². The van der Waals surface area contributed by atoms with E-state index in [0.717, 1.165) is 24.0 Å². The van der Waals surface area contributed by atoms with E-state index in [4.69, 9.17) is 28.4 Å². The van der Waals surface area contributed by atoms with E-state index in [1.165, 1.54) is 20.8 Å². The van der Waals surface area contributed by atoms with E-state index in [0.29, 0.717) is 6.07 Å². The van der Waals surface area contributed by atoms with Crippen LogP contribution in [0.4, 0.5) is 22.8 Å². The topological polar surface area (TPSA) is 140 Å². The Morgan fingerprint density at radius 3 is 2.26 bits per heavy atom. The lowest BCUT2D eigenvalue weighted by molar-refractivity contribution is -0.194. The molecule has 1 aromatic rings. The predicted molar refractivity (Wildman–Crippen MR) is 111 cm³/mol. The zero-order valence-electron chi connectivity index (χ0n) is 18.9. The highest BCUT2D eigenvalue weighted by Crippen LogP contribution is 2.40. The Hall–Kier alpha value is -2.94. The van der Waals surface area contributed by atoms with Crippen molar-refractivity contribution < 1.29 is 61.1 Å². The summed E-state index contributed by atoms with van der Waals surface area (Å²) in [7, 11) is 0. The summed E-state index contributed by atoms with van der Waals surface area (Å²) >= 11 is 0.753. The maximum atomic E-state index is 12.9. The number of ether oxygens (including phenoxy) is 6. The van der Waals surface area contributed by atoms with Gasteiger partial charge in [-0.2, -0.15) is 13.2 Å². The van der Waals surface area contributed by atoms with Crippen molar-refractivity contribution in [2.75, 3.05) is 25.6 Å². The van der Waals surface area contributed by atoms with Crippen molar-refractivity contribution >= 4 is 30.0 Å². The summed E-state index contributed by atoms with van der Waals surface area (Å²) < 4.78 is 68.6. The normalized spacial score (nSPS) is 24.1. The molecule has 15 heteroatoms. The molecule has 0 bridgehead atoms. The Labute approximate surface area is 202 Å². The van der Waals surface area contributed by atoms with Crippen LogP contribution in [-0.4, -0.2) is 77.2 Å². The molecule has 0 unspecified atom stereocenters. The number of thioether (sulfide) groups is 1. The van der Waals surface area contributed by atoms with Gasteiger partial charge in [-0.25, -0.2) is 19.4 Å². The maximum Gasteiger partial charge on any atom is 0.509 e. The molecule has 1 N–H and O–H groups in total. The fourth-order valence-electron chi connectivity index (χ4n) is 2.93. The van der Waals surface area contributed by atoms with E-state index in [9.17, 15) is 32.7 Å². The summed E-state index contributed by atoms with van der Waals surface area (Å²) in [4.78, 5) is 40.4. The number of aliphatic hydroxyl groups is 1. The first-order valence-electron chi connectivity index (χ1n) is 10.3. The van der Waals surface area contributed by atoms with Crippen LogP contribution in [0, 0.1) is 0 Å². The molecule has 2 heterocycles. The van der Waals surface area contributed by atoms with Crippen LogP contribution in [0.15, 0.2) is 18.3 Å². The second kappa shape index (κ2) is 12.2. The fourth-order valence-corrected chi connectivity index (χ4v) is 4.21.